The van der Waals surface area contributed by atoms with Gasteiger partial charge in [0.1, 0.15) is 11.6 Å². The number of ether oxygens (including phenoxy) is 1. The summed E-state index contributed by atoms with van der Waals surface area (Å²) in [6, 6.07) is 6.40. The predicted octanol–water partition coefficient (Wildman–Crippen LogP) is 2.10. The van der Waals surface area contributed by atoms with Gasteiger partial charge in [-0.05, 0) is 23.8 Å². The average molecular weight is 420 g/mol. The van der Waals surface area contributed by atoms with Crippen molar-refractivity contribution in [2.45, 2.75) is 17.8 Å². The second-order valence-corrected chi connectivity index (χ2v) is 10.2. The van der Waals surface area contributed by atoms with E-state index >= 15 is 0 Å². The number of benzene rings is 1. The summed E-state index contributed by atoms with van der Waals surface area (Å²) in [5, 5.41) is 7.62. The van der Waals surface area contributed by atoms with Crippen molar-refractivity contribution in [3.8, 4) is 5.75 Å². The van der Waals surface area contributed by atoms with E-state index in [1.54, 1.807) is 0 Å². The molecule has 0 aliphatic carbocycles. The van der Waals surface area contributed by atoms with Crippen LogP contribution in [0.3, 0.4) is 0 Å². The number of methoxy groups -OCH3 is 1. The fraction of sp³-hybridized carbons (Fsp3) is 0.267. The topological polar surface area (TPSA) is 139 Å². The van der Waals surface area contributed by atoms with Crippen LogP contribution in [0, 0.1) is 5.82 Å². The van der Waals surface area contributed by atoms with E-state index in [2.05, 4.69) is 4.98 Å². The third-order valence-corrected chi connectivity index (χ3v) is 8.68. The van der Waals surface area contributed by atoms with Crippen LogP contribution in [0.5, 0.6) is 5.75 Å². The summed E-state index contributed by atoms with van der Waals surface area (Å²) in [5.74, 6) is -0.751. The Morgan fingerprint density at radius 2 is 2.15 bits per heavy atom. The summed E-state index contributed by atoms with van der Waals surface area (Å²) < 4.78 is 41.6. The minimum absolute atomic E-state index is 0.168. The minimum Gasteiger partial charge on any atom is -0.497 e. The van der Waals surface area contributed by atoms with Crippen LogP contribution in [0.25, 0.3) is 0 Å². The molecule has 2 aromatic rings. The molecule has 146 valence electrons. The molecule has 0 radical (unpaired) electrons. The highest BCUT2D eigenvalue weighted by molar-refractivity contribution is 7.76. The first-order valence-corrected chi connectivity index (χ1v) is 10.8. The second kappa shape index (κ2) is 7.16. The van der Waals surface area contributed by atoms with Gasteiger partial charge in [0.25, 0.3) is 0 Å². The maximum Gasteiger partial charge on any atom is 0.457 e. The van der Waals surface area contributed by atoms with Crippen molar-refractivity contribution < 1.29 is 42.5 Å². The molecule has 27 heavy (non-hydrogen) atoms. The van der Waals surface area contributed by atoms with Gasteiger partial charge in [-0.1, -0.05) is 6.07 Å². The van der Waals surface area contributed by atoms with Crippen molar-refractivity contribution in [1.29, 1.82) is 0 Å². The lowest BCUT2D eigenvalue weighted by molar-refractivity contribution is -0.0699. The molecular formula is C15H17FNO8P2+. The monoisotopic (exact) mass is 420 g/mol. The maximum atomic E-state index is 14.2. The Kier molecular flexibility index (Phi) is 5.37. The first-order valence-electron chi connectivity index (χ1n) is 7.59. The Labute approximate surface area is 154 Å². The van der Waals surface area contributed by atoms with Crippen LogP contribution in [0.2, 0.25) is 0 Å². The van der Waals surface area contributed by atoms with Crippen molar-refractivity contribution in [2.24, 2.45) is 0 Å². The molecule has 3 unspecified atom stereocenters. The van der Waals surface area contributed by atoms with Gasteiger partial charge in [-0.2, -0.15) is 9.79 Å². The van der Waals surface area contributed by atoms with Crippen LogP contribution in [0.15, 0.2) is 42.7 Å². The SMILES string of the molecule is COc1ccc(C2OP(=O)(O)C(O)(Cc3cccnc3)[P+](O)(O)O2)c(F)c1. The van der Waals surface area contributed by atoms with E-state index in [0.29, 0.717) is 0 Å². The quantitative estimate of drug-likeness (QED) is 0.548. The molecule has 2 heterocycles. The molecule has 0 saturated carbocycles. The van der Waals surface area contributed by atoms with Crippen LogP contribution in [0.4, 0.5) is 4.39 Å². The number of halogens is 1. The Bertz CT molecular complexity index is 883. The number of hydrogen-bond donors (Lipinski definition) is 4. The molecule has 4 N–H and O–H groups in total. The van der Waals surface area contributed by atoms with Gasteiger partial charge in [0.05, 0.1) is 13.5 Å². The highest BCUT2D eigenvalue weighted by atomic mass is 31.3. The van der Waals surface area contributed by atoms with E-state index in [9.17, 15) is 28.7 Å². The van der Waals surface area contributed by atoms with E-state index in [0.717, 1.165) is 12.1 Å². The summed E-state index contributed by atoms with van der Waals surface area (Å²) >= 11 is 0. The highest BCUT2D eigenvalue weighted by Crippen LogP contribution is 2.82. The third-order valence-electron chi connectivity index (χ3n) is 4.03. The molecular weight excluding hydrogens is 403 g/mol. The Hall–Kier alpha value is -1.48. The van der Waals surface area contributed by atoms with Crippen LogP contribution in [-0.2, 0) is 20.0 Å². The fourth-order valence-electron chi connectivity index (χ4n) is 2.53. The first kappa shape index (κ1) is 20.3. The van der Waals surface area contributed by atoms with Crippen molar-refractivity contribution in [1.82, 2.24) is 4.98 Å². The van der Waals surface area contributed by atoms with Crippen molar-refractivity contribution in [3.63, 3.8) is 0 Å². The summed E-state index contributed by atoms with van der Waals surface area (Å²) in [6.07, 6.45) is 0.118. The number of aliphatic hydroxyl groups is 1. The molecule has 1 fully saturated rings. The van der Waals surface area contributed by atoms with E-state index < -0.39 is 39.2 Å². The zero-order valence-corrected chi connectivity index (χ0v) is 15.8. The average Bonchev–Trinajstić information content (AvgIpc) is 2.60. The van der Waals surface area contributed by atoms with Gasteiger partial charge in [0.15, 0.2) is 0 Å². The molecule has 12 heteroatoms. The smallest absolute Gasteiger partial charge is 0.457 e. The highest BCUT2D eigenvalue weighted by Gasteiger charge is 2.77. The molecule has 1 aliphatic heterocycles. The van der Waals surface area contributed by atoms with Gasteiger partial charge in [-0.25, -0.2) is 4.39 Å². The number of aromatic nitrogens is 1. The largest absolute Gasteiger partial charge is 0.497 e. The molecule has 0 amide bonds. The lowest BCUT2D eigenvalue weighted by Gasteiger charge is -2.38. The molecule has 1 aromatic carbocycles. The van der Waals surface area contributed by atoms with Gasteiger partial charge in [0.2, 0.25) is 6.29 Å². The van der Waals surface area contributed by atoms with Gasteiger partial charge >= 0.3 is 20.6 Å². The van der Waals surface area contributed by atoms with Crippen molar-refractivity contribution in [3.05, 3.63) is 59.7 Å². The summed E-state index contributed by atoms with van der Waals surface area (Å²) in [7, 11) is -8.70. The van der Waals surface area contributed by atoms with Crippen LogP contribution in [0.1, 0.15) is 17.4 Å². The Balaban J connectivity index is 1.96. The number of rotatable bonds is 4. The normalized spacial score (nSPS) is 30.1. The summed E-state index contributed by atoms with van der Waals surface area (Å²) in [5.41, 5.74) is -0.121. The number of nitrogens with zero attached hydrogens (tertiary/aromatic N) is 1. The zero-order valence-electron chi connectivity index (χ0n) is 14.0. The van der Waals surface area contributed by atoms with Gasteiger partial charge in [-0.3, -0.25) is 14.1 Å². The second-order valence-electron chi connectivity index (χ2n) is 5.81. The van der Waals surface area contributed by atoms with E-state index in [1.807, 2.05) is 0 Å². The Morgan fingerprint density at radius 3 is 2.70 bits per heavy atom. The Morgan fingerprint density at radius 1 is 1.41 bits per heavy atom. The summed E-state index contributed by atoms with van der Waals surface area (Å²) in [4.78, 5) is 34.7. The number of hydrogen-bond acceptors (Lipinski definition) is 8. The molecule has 9 nitrogen and oxygen atoms in total. The van der Waals surface area contributed by atoms with Gasteiger partial charge in [0, 0.05) is 24.0 Å². The van der Waals surface area contributed by atoms with E-state index in [-0.39, 0.29) is 16.9 Å². The van der Waals surface area contributed by atoms with Gasteiger partial charge in [-0.15, -0.1) is 4.52 Å². The molecule has 3 rings (SSSR count). The standard InChI is InChI=1S/C15H16FNO8P2/c1-23-11-4-5-12(13(16)7-11)14-24-26(19,20)15(18,27(21,22)25-14)8-10-3-2-6-17-9-10/h2-7,9,14,18-20H,8H2,1H3/p+1. The fourth-order valence-corrected chi connectivity index (χ4v) is 6.15. The lowest BCUT2D eigenvalue weighted by Crippen LogP contribution is -2.40. The zero-order chi connectivity index (χ0) is 19.9. The molecule has 1 saturated heterocycles. The maximum absolute atomic E-state index is 14.2. The van der Waals surface area contributed by atoms with E-state index in [4.69, 9.17) is 13.8 Å². The third kappa shape index (κ3) is 3.63. The molecule has 1 aromatic heterocycles. The van der Waals surface area contributed by atoms with Crippen LogP contribution < -0.4 is 4.74 Å². The van der Waals surface area contributed by atoms with Crippen LogP contribution >= 0.6 is 15.5 Å². The van der Waals surface area contributed by atoms with Crippen molar-refractivity contribution in [2.75, 3.05) is 7.11 Å². The van der Waals surface area contributed by atoms with Gasteiger partial charge < -0.3 is 14.7 Å². The van der Waals surface area contributed by atoms with Crippen molar-refractivity contribution >= 4 is 15.5 Å². The number of pyridine rings is 1. The lowest BCUT2D eigenvalue weighted by atomic mass is 10.2. The molecule has 0 spiro atoms. The molecule has 1 aliphatic rings. The molecule has 0 bridgehead atoms. The first-order chi connectivity index (χ1) is 12.6. The minimum atomic E-state index is -5.10. The van der Waals surface area contributed by atoms with Crippen LogP contribution in [-0.4, -0.2) is 37.0 Å². The summed E-state index contributed by atoms with van der Waals surface area (Å²) in [6.45, 7) is 0. The molecule has 3 atom stereocenters. The van der Waals surface area contributed by atoms with E-state index in [1.165, 1.54) is 37.7 Å². The predicted molar refractivity (Wildman–Crippen MR) is 91.9 cm³/mol.